The zero-order valence-corrected chi connectivity index (χ0v) is 11.2. The van der Waals surface area contributed by atoms with Gasteiger partial charge in [-0.15, -0.1) is 0 Å². The van der Waals surface area contributed by atoms with E-state index in [-0.39, 0.29) is 0 Å². The summed E-state index contributed by atoms with van der Waals surface area (Å²) < 4.78 is 0. The van der Waals surface area contributed by atoms with E-state index in [1.807, 2.05) is 13.2 Å². The van der Waals surface area contributed by atoms with E-state index >= 15 is 0 Å². The number of nitrogens with one attached hydrogen (secondary N) is 1. The monoisotopic (exact) mass is 245 g/mol. The lowest BCUT2D eigenvalue weighted by molar-refractivity contribution is 0.360. The summed E-state index contributed by atoms with van der Waals surface area (Å²) in [7, 11) is 1.99. The number of aromatic nitrogens is 1. The van der Waals surface area contributed by atoms with Crippen LogP contribution in [0.4, 0.5) is 5.82 Å². The number of pyridine rings is 1. The van der Waals surface area contributed by atoms with Crippen LogP contribution in [0.15, 0.2) is 18.3 Å². The average Bonchev–Trinajstić information content (AvgIpc) is 2.87. The summed E-state index contributed by atoms with van der Waals surface area (Å²) in [5.74, 6) is 2.12. The maximum atomic E-state index is 4.60. The maximum absolute atomic E-state index is 4.60. The van der Waals surface area contributed by atoms with Gasteiger partial charge in [0.05, 0.1) is 0 Å². The van der Waals surface area contributed by atoms with E-state index in [1.165, 1.54) is 50.0 Å². The molecule has 3 rings (SSSR count). The van der Waals surface area contributed by atoms with Gasteiger partial charge in [-0.2, -0.15) is 0 Å². The molecule has 1 aliphatic heterocycles. The predicted octanol–water partition coefficient (Wildman–Crippen LogP) is 2.57. The van der Waals surface area contributed by atoms with Gasteiger partial charge in [-0.05, 0) is 56.3 Å². The van der Waals surface area contributed by atoms with Gasteiger partial charge in [-0.1, -0.05) is 6.42 Å². The van der Waals surface area contributed by atoms with Crippen LogP contribution in [0.5, 0.6) is 0 Å². The molecule has 2 unspecified atom stereocenters. The molecule has 0 aromatic carbocycles. The van der Waals surface area contributed by atoms with Gasteiger partial charge in [-0.25, -0.2) is 4.98 Å². The molecular weight excluding hydrogens is 222 g/mol. The second-order valence-electron chi connectivity index (χ2n) is 5.65. The highest BCUT2D eigenvalue weighted by Crippen LogP contribution is 2.38. The molecule has 0 amide bonds. The Balaban J connectivity index is 1.82. The van der Waals surface area contributed by atoms with Gasteiger partial charge >= 0.3 is 0 Å². The molecule has 3 nitrogen and oxygen atoms in total. The van der Waals surface area contributed by atoms with Crippen molar-refractivity contribution in [1.29, 1.82) is 0 Å². The van der Waals surface area contributed by atoms with E-state index in [2.05, 4.69) is 27.3 Å². The van der Waals surface area contributed by atoms with Crippen LogP contribution in [0, 0.1) is 5.92 Å². The molecule has 0 radical (unpaired) electrons. The molecule has 98 valence electrons. The third kappa shape index (κ3) is 2.24. The second kappa shape index (κ2) is 5.27. The Morgan fingerprint density at radius 1 is 1.33 bits per heavy atom. The fourth-order valence-corrected chi connectivity index (χ4v) is 3.67. The Bertz CT molecular complexity index is 404. The van der Waals surface area contributed by atoms with Crippen molar-refractivity contribution in [3.63, 3.8) is 0 Å². The molecule has 1 aromatic rings. The summed E-state index contributed by atoms with van der Waals surface area (Å²) in [6, 6.07) is 5.13. The van der Waals surface area contributed by atoms with Crippen LogP contribution in [-0.4, -0.2) is 24.6 Å². The van der Waals surface area contributed by atoms with Crippen LogP contribution in [0.2, 0.25) is 0 Å². The summed E-state index contributed by atoms with van der Waals surface area (Å²) in [4.78, 5) is 7.17. The van der Waals surface area contributed by atoms with E-state index in [4.69, 9.17) is 0 Å². The Hall–Kier alpha value is -1.09. The number of hydrogen-bond acceptors (Lipinski definition) is 3. The molecule has 2 aliphatic rings. The first kappa shape index (κ1) is 12.0. The molecule has 1 aliphatic carbocycles. The summed E-state index contributed by atoms with van der Waals surface area (Å²) in [6.07, 6.45) is 8.92. The van der Waals surface area contributed by atoms with Crippen molar-refractivity contribution in [1.82, 2.24) is 10.3 Å². The lowest BCUT2D eigenvalue weighted by Crippen LogP contribution is -2.43. The lowest BCUT2D eigenvalue weighted by atomic mass is 9.92. The Labute approximate surface area is 110 Å². The topological polar surface area (TPSA) is 28.2 Å². The zero-order chi connectivity index (χ0) is 12.4. The molecule has 1 saturated heterocycles. The fraction of sp³-hybridized carbons (Fsp3) is 0.667. The molecule has 2 heterocycles. The highest BCUT2D eigenvalue weighted by Gasteiger charge is 2.35. The highest BCUT2D eigenvalue weighted by molar-refractivity contribution is 5.43. The van der Waals surface area contributed by atoms with Crippen molar-refractivity contribution in [3.8, 4) is 0 Å². The number of rotatable bonds is 3. The SMILES string of the molecule is CNCc1ccnc(N2CCCC3CCCC32)c1. The van der Waals surface area contributed by atoms with Crippen LogP contribution >= 0.6 is 0 Å². The lowest BCUT2D eigenvalue weighted by Gasteiger charge is -2.38. The minimum atomic E-state index is 0.760. The van der Waals surface area contributed by atoms with Crippen LogP contribution in [0.1, 0.15) is 37.7 Å². The van der Waals surface area contributed by atoms with Crippen LogP contribution in [0.25, 0.3) is 0 Å². The Kier molecular flexibility index (Phi) is 3.50. The average molecular weight is 245 g/mol. The fourth-order valence-electron chi connectivity index (χ4n) is 3.67. The quantitative estimate of drug-likeness (QED) is 0.887. The maximum Gasteiger partial charge on any atom is 0.129 e. The molecule has 0 bridgehead atoms. The third-order valence-corrected chi connectivity index (χ3v) is 4.48. The van der Waals surface area contributed by atoms with Gasteiger partial charge < -0.3 is 10.2 Å². The summed E-state index contributed by atoms with van der Waals surface area (Å²) in [6.45, 7) is 2.12. The summed E-state index contributed by atoms with van der Waals surface area (Å²) >= 11 is 0. The molecular formula is C15H23N3. The minimum Gasteiger partial charge on any atom is -0.353 e. The molecule has 1 saturated carbocycles. The first-order valence-corrected chi connectivity index (χ1v) is 7.24. The van der Waals surface area contributed by atoms with E-state index in [1.54, 1.807) is 0 Å². The molecule has 18 heavy (non-hydrogen) atoms. The van der Waals surface area contributed by atoms with Crippen LogP contribution < -0.4 is 10.2 Å². The molecule has 2 fully saturated rings. The molecule has 3 heteroatoms. The Morgan fingerprint density at radius 3 is 3.11 bits per heavy atom. The van der Waals surface area contributed by atoms with Crippen LogP contribution in [-0.2, 0) is 6.54 Å². The molecule has 2 atom stereocenters. The van der Waals surface area contributed by atoms with Crippen molar-refractivity contribution in [3.05, 3.63) is 23.9 Å². The van der Waals surface area contributed by atoms with Crippen molar-refractivity contribution in [2.75, 3.05) is 18.5 Å². The second-order valence-corrected chi connectivity index (χ2v) is 5.65. The van der Waals surface area contributed by atoms with E-state index in [0.29, 0.717) is 0 Å². The van der Waals surface area contributed by atoms with Gasteiger partial charge in [0.15, 0.2) is 0 Å². The normalized spacial score (nSPS) is 27.3. The van der Waals surface area contributed by atoms with Gasteiger partial charge in [0.2, 0.25) is 0 Å². The van der Waals surface area contributed by atoms with Gasteiger partial charge in [0.1, 0.15) is 5.82 Å². The van der Waals surface area contributed by atoms with Gasteiger partial charge in [-0.3, -0.25) is 0 Å². The van der Waals surface area contributed by atoms with E-state index in [9.17, 15) is 0 Å². The summed E-state index contributed by atoms with van der Waals surface area (Å²) in [5.41, 5.74) is 1.34. The molecule has 0 spiro atoms. The van der Waals surface area contributed by atoms with Crippen molar-refractivity contribution in [2.45, 2.75) is 44.7 Å². The highest BCUT2D eigenvalue weighted by atomic mass is 15.2. The smallest absolute Gasteiger partial charge is 0.129 e. The molecule has 1 N–H and O–H groups in total. The first-order chi connectivity index (χ1) is 8.88. The number of fused-ring (bicyclic) bond motifs is 1. The number of hydrogen-bond donors (Lipinski definition) is 1. The van der Waals surface area contributed by atoms with Crippen LogP contribution in [0.3, 0.4) is 0 Å². The number of nitrogens with zero attached hydrogens (tertiary/aromatic N) is 2. The van der Waals surface area contributed by atoms with E-state index < -0.39 is 0 Å². The number of piperidine rings is 1. The summed E-state index contributed by atoms with van der Waals surface area (Å²) in [5, 5.41) is 3.21. The molecule has 1 aromatic heterocycles. The minimum absolute atomic E-state index is 0.760. The van der Waals surface area contributed by atoms with Crippen molar-refractivity contribution >= 4 is 5.82 Å². The Morgan fingerprint density at radius 2 is 2.22 bits per heavy atom. The van der Waals surface area contributed by atoms with Gasteiger partial charge in [0, 0.05) is 25.3 Å². The first-order valence-electron chi connectivity index (χ1n) is 7.24. The number of anilines is 1. The van der Waals surface area contributed by atoms with E-state index in [0.717, 1.165) is 18.5 Å². The van der Waals surface area contributed by atoms with Gasteiger partial charge in [0.25, 0.3) is 0 Å². The largest absolute Gasteiger partial charge is 0.353 e. The van der Waals surface area contributed by atoms with Crippen molar-refractivity contribution in [2.24, 2.45) is 5.92 Å². The third-order valence-electron chi connectivity index (χ3n) is 4.48. The predicted molar refractivity (Wildman–Crippen MR) is 74.7 cm³/mol. The van der Waals surface area contributed by atoms with Crippen molar-refractivity contribution < 1.29 is 0 Å². The zero-order valence-electron chi connectivity index (χ0n) is 11.2. The standard InChI is InChI=1S/C15H23N3/c1-16-11-12-7-8-17-15(10-12)18-9-3-5-13-4-2-6-14(13)18/h7-8,10,13-14,16H,2-6,9,11H2,1H3.